The summed E-state index contributed by atoms with van der Waals surface area (Å²) in [4.78, 5) is 12.2. The van der Waals surface area contributed by atoms with E-state index in [9.17, 15) is 9.90 Å². The highest BCUT2D eigenvalue weighted by atomic mass is 16.3. The van der Waals surface area contributed by atoms with Crippen molar-refractivity contribution in [2.45, 2.75) is 38.6 Å². The van der Waals surface area contributed by atoms with Crippen LogP contribution >= 0.6 is 0 Å². The fraction of sp³-hybridized carbons (Fsp3) is 0.389. The SMILES string of the molecule is CCC(C)(CO)NC(=O)Nc1ccc2c3c(cccc13)CC2. The zero-order chi connectivity index (χ0) is 15.7. The number of amides is 2. The summed E-state index contributed by atoms with van der Waals surface area (Å²) in [5.74, 6) is 0. The highest BCUT2D eigenvalue weighted by molar-refractivity contribution is 6.04. The van der Waals surface area contributed by atoms with Gasteiger partial charge in [0.1, 0.15) is 0 Å². The second kappa shape index (κ2) is 5.61. The molecule has 3 N–H and O–H groups in total. The second-order valence-corrected chi connectivity index (χ2v) is 6.26. The predicted molar refractivity (Wildman–Crippen MR) is 89.3 cm³/mol. The maximum absolute atomic E-state index is 12.2. The Bertz CT molecular complexity index is 710. The second-order valence-electron chi connectivity index (χ2n) is 6.26. The maximum Gasteiger partial charge on any atom is 0.319 e. The maximum atomic E-state index is 12.2. The first-order valence-corrected chi connectivity index (χ1v) is 7.80. The average molecular weight is 298 g/mol. The number of hydrogen-bond donors (Lipinski definition) is 3. The van der Waals surface area contributed by atoms with Crippen LogP contribution in [0, 0.1) is 0 Å². The molecule has 0 saturated carbocycles. The van der Waals surface area contributed by atoms with E-state index < -0.39 is 5.54 Å². The number of nitrogens with one attached hydrogen (secondary N) is 2. The largest absolute Gasteiger partial charge is 0.394 e. The van der Waals surface area contributed by atoms with E-state index in [0.717, 1.165) is 23.9 Å². The van der Waals surface area contributed by atoms with Crippen LogP contribution in [0.2, 0.25) is 0 Å². The topological polar surface area (TPSA) is 61.4 Å². The van der Waals surface area contributed by atoms with Crippen LogP contribution in [0.1, 0.15) is 31.4 Å². The molecule has 0 heterocycles. The van der Waals surface area contributed by atoms with Gasteiger partial charge in [-0.1, -0.05) is 31.2 Å². The lowest BCUT2D eigenvalue weighted by Gasteiger charge is -2.27. The van der Waals surface area contributed by atoms with E-state index in [1.54, 1.807) is 0 Å². The molecule has 2 amide bonds. The van der Waals surface area contributed by atoms with Crippen LogP contribution in [0.15, 0.2) is 30.3 Å². The predicted octanol–water partition coefficient (Wildman–Crippen LogP) is 3.22. The van der Waals surface area contributed by atoms with Gasteiger partial charge in [-0.2, -0.15) is 0 Å². The van der Waals surface area contributed by atoms with Crippen molar-refractivity contribution < 1.29 is 9.90 Å². The van der Waals surface area contributed by atoms with Gasteiger partial charge in [0.25, 0.3) is 0 Å². The Hall–Kier alpha value is -2.07. The van der Waals surface area contributed by atoms with Crippen LogP contribution in [0.4, 0.5) is 10.5 Å². The zero-order valence-electron chi connectivity index (χ0n) is 13.1. The van der Waals surface area contributed by atoms with Crippen LogP contribution in [-0.4, -0.2) is 23.3 Å². The molecule has 0 aromatic heterocycles. The van der Waals surface area contributed by atoms with Crippen molar-refractivity contribution in [1.82, 2.24) is 5.32 Å². The van der Waals surface area contributed by atoms with Gasteiger partial charge in [-0.3, -0.25) is 0 Å². The normalized spacial score (nSPS) is 15.6. The summed E-state index contributed by atoms with van der Waals surface area (Å²) in [7, 11) is 0. The number of carbonyl (C=O) groups excluding carboxylic acids is 1. The van der Waals surface area contributed by atoms with Gasteiger partial charge in [-0.15, -0.1) is 0 Å². The number of carbonyl (C=O) groups is 1. The highest BCUT2D eigenvalue weighted by Crippen LogP contribution is 2.34. The summed E-state index contributed by atoms with van der Waals surface area (Å²) in [6.07, 6.45) is 2.81. The lowest BCUT2D eigenvalue weighted by molar-refractivity contribution is 0.172. The van der Waals surface area contributed by atoms with E-state index in [1.165, 1.54) is 16.5 Å². The first-order valence-electron chi connectivity index (χ1n) is 7.80. The van der Waals surface area contributed by atoms with Crippen molar-refractivity contribution >= 4 is 22.5 Å². The van der Waals surface area contributed by atoms with E-state index in [1.807, 2.05) is 32.0 Å². The minimum absolute atomic E-state index is 0.0826. The fourth-order valence-electron chi connectivity index (χ4n) is 3.02. The molecule has 1 atom stereocenters. The summed E-state index contributed by atoms with van der Waals surface area (Å²) in [5.41, 5.74) is 2.92. The molecular weight excluding hydrogens is 276 g/mol. The van der Waals surface area contributed by atoms with Gasteiger partial charge in [0, 0.05) is 5.39 Å². The molecule has 1 unspecified atom stereocenters. The Morgan fingerprint density at radius 2 is 1.95 bits per heavy atom. The van der Waals surface area contributed by atoms with Gasteiger partial charge in [0.2, 0.25) is 0 Å². The van der Waals surface area contributed by atoms with Crippen molar-refractivity contribution in [3.05, 3.63) is 41.5 Å². The van der Waals surface area contributed by atoms with E-state index in [-0.39, 0.29) is 12.6 Å². The van der Waals surface area contributed by atoms with Crippen LogP contribution in [0.3, 0.4) is 0 Å². The van der Waals surface area contributed by atoms with Gasteiger partial charge in [0.15, 0.2) is 0 Å². The Kier molecular flexibility index (Phi) is 3.79. The molecule has 0 fully saturated rings. The Labute approximate surface area is 130 Å². The van der Waals surface area contributed by atoms with Crippen LogP contribution in [0.5, 0.6) is 0 Å². The summed E-state index contributed by atoms with van der Waals surface area (Å²) in [5, 5.41) is 17.6. The summed E-state index contributed by atoms with van der Waals surface area (Å²) >= 11 is 0. The number of aliphatic hydroxyl groups is 1. The van der Waals surface area contributed by atoms with E-state index in [2.05, 4.69) is 22.8 Å². The van der Waals surface area contributed by atoms with Gasteiger partial charge in [0.05, 0.1) is 17.8 Å². The number of benzene rings is 2. The van der Waals surface area contributed by atoms with E-state index in [4.69, 9.17) is 0 Å². The molecule has 116 valence electrons. The number of aryl methyl sites for hydroxylation is 2. The van der Waals surface area contributed by atoms with E-state index in [0.29, 0.717) is 6.42 Å². The van der Waals surface area contributed by atoms with Crippen molar-refractivity contribution in [2.75, 3.05) is 11.9 Å². The fourth-order valence-corrected chi connectivity index (χ4v) is 3.02. The Balaban J connectivity index is 1.88. The lowest BCUT2D eigenvalue weighted by Crippen LogP contribution is -2.50. The first-order chi connectivity index (χ1) is 10.6. The van der Waals surface area contributed by atoms with Crippen molar-refractivity contribution in [3.8, 4) is 0 Å². The zero-order valence-corrected chi connectivity index (χ0v) is 13.1. The molecule has 4 heteroatoms. The molecule has 2 aromatic rings. The van der Waals surface area contributed by atoms with Gasteiger partial charge in [-0.25, -0.2) is 4.79 Å². The van der Waals surface area contributed by atoms with Crippen LogP contribution in [-0.2, 0) is 12.8 Å². The highest BCUT2D eigenvalue weighted by Gasteiger charge is 2.24. The van der Waals surface area contributed by atoms with Crippen molar-refractivity contribution in [1.29, 1.82) is 0 Å². The molecule has 1 aliphatic carbocycles. The molecule has 3 rings (SSSR count). The van der Waals surface area contributed by atoms with Gasteiger partial charge < -0.3 is 15.7 Å². The number of anilines is 1. The van der Waals surface area contributed by atoms with Gasteiger partial charge >= 0.3 is 6.03 Å². The molecule has 0 radical (unpaired) electrons. The average Bonchev–Trinajstić information content (AvgIpc) is 2.95. The standard InChI is InChI=1S/C18H22N2O2/c1-3-18(2,11-21)20-17(22)19-15-10-9-13-8-7-12-5-4-6-14(15)16(12)13/h4-6,9-10,21H,3,7-8,11H2,1-2H3,(H2,19,20,22). The molecule has 0 saturated heterocycles. The quantitative estimate of drug-likeness (QED) is 0.811. The summed E-state index contributed by atoms with van der Waals surface area (Å²) < 4.78 is 0. The molecule has 0 aliphatic heterocycles. The summed E-state index contributed by atoms with van der Waals surface area (Å²) in [6, 6.07) is 10.0. The molecule has 0 spiro atoms. The monoisotopic (exact) mass is 298 g/mol. The molecular formula is C18H22N2O2. The number of urea groups is 1. The van der Waals surface area contributed by atoms with Crippen molar-refractivity contribution in [3.63, 3.8) is 0 Å². The number of hydrogen-bond acceptors (Lipinski definition) is 2. The Morgan fingerprint density at radius 3 is 2.64 bits per heavy atom. The minimum atomic E-state index is -0.598. The molecule has 4 nitrogen and oxygen atoms in total. The molecule has 1 aliphatic rings. The summed E-state index contributed by atoms with van der Waals surface area (Å²) in [6.45, 7) is 3.69. The molecule has 22 heavy (non-hydrogen) atoms. The van der Waals surface area contributed by atoms with Crippen LogP contribution < -0.4 is 10.6 Å². The lowest BCUT2D eigenvalue weighted by atomic mass is 10.0. The molecule has 0 bridgehead atoms. The third kappa shape index (κ3) is 2.55. The van der Waals surface area contributed by atoms with Crippen LogP contribution in [0.25, 0.3) is 10.8 Å². The first kappa shape index (κ1) is 14.9. The Morgan fingerprint density at radius 1 is 1.23 bits per heavy atom. The minimum Gasteiger partial charge on any atom is -0.394 e. The third-order valence-electron chi connectivity index (χ3n) is 4.67. The third-order valence-corrected chi connectivity index (χ3v) is 4.67. The number of rotatable bonds is 4. The van der Waals surface area contributed by atoms with Gasteiger partial charge in [-0.05, 0) is 48.8 Å². The smallest absolute Gasteiger partial charge is 0.319 e. The van der Waals surface area contributed by atoms with Crippen molar-refractivity contribution in [2.24, 2.45) is 0 Å². The number of aliphatic hydroxyl groups excluding tert-OH is 1. The molecule has 2 aromatic carbocycles. The van der Waals surface area contributed by atoms with E-state index >= 15 is 0 Å².